The Morgan fingerprint density at radius 2 is 1.87 bits per heavy atom. The van der Waals surface area contributed by atoms with Crippen molar-refractivity contribution in [1.29, 1.82) is 0 Å². The minimum absolute atomic E-state index is 0.0357. The maximum Gasteiger partial charge on any atom is 0.193 e. The SMILES string of the molecule is CCC1=C(F)N(C)CC(C)=C1C(C)(C)C. The van der Waals surface area contributed by atoms with Crippen LogP contribution in [0.1, 0.15) is 41.0 Å². The van der Waals surface area contributed by atoms with Crippen molar-refractivity contribution < 1.29 is 4.39 Å². The molecule has 0 spiro atoms. The topological polar surface area (TPSA) is 3.24 Å². The first-order valence-electron chi connectivity index (χ1n) is 5.59. The van der Waals surface area contributed by atoms with Gasteiger partial charge in [-0.3, -0.25) is 0 Å². The summed E-state index contributed by atoms with van der Waals surface area (Å²) in [6, 6.07) is 0. The maximum atomic E-state index is 14.0. The van der Waals surface area contributed by atoms with Crippen molar-refractivity contribution in [2.24, 2.45) is 5.41 Å². The van der Waals surface area contributed by atoms with E-state index in [1.165, 1.54) is 11.1 Å². The number of halogens is 1. The smallest absolute Gasteiger partial charge is 0.193 e. The molecule has 0 radical (unpaired) electrons. The molecule has 0 unspecified atom stereocenters. The summed E-state index contributed by atoms with van der Waals surface area (Å²) in [7, 11) is 1.81. The van der Waals surface area contributed by atoms with Crippen LogP contribution in [0.2, 0.25) is 0 Å². The van der Waals surface area contributed by atoms with Gasteiger partial charge in [0.2, 0.25) is 0 Å². The zero-order chi connectivity index (χ0) is 11.8. The van der Waals surface area contributed by atoms with E-state index in [0.717, 1.165) is 12.0 Å². The van der Waals surface area contributed by atoms with Crippen molar-refractivity contribution >= 4 is 0 Å². The molecule has 0 aromatic carbocycles. The van der Waals surface area contributed by atoms with E-state index >= 15 is 0 Å². The van der Waals surface area contributed by atoms with E-state index in [1.54, 1.807) is 4.90 Å². The largest absolute Gasteiger partial charge is 0.347 e. The zero-order valence-electron chi connectivity index (χ0n) is 10.7. The summed E-state index contributed by atoms with van der Waals surface area (Å²) >= 11 is 0. The Hall–Kier alpha value is -0.790. The zero-order valence-corrected chi connectivity index (χ0v) is 10.7. The maximum absolute atomic E-state index is 14.0. The second kappa shape index (κ2) is 3.99. The van der Waals surface area contributed by atoms with Gasteiger partial charge in [0.1, 0.15) is 0 Å². The van der Waals surface area contributed by atoms with E-state index in [-0.39, 0.29) is 11.4 Å². The second-order valence-electron chi connectivity index (χ2n) is 5.38. The van der Waals surface area contributed by atoms with E-state index in [0.29, 0.717) is 6.54 Å². The van der Waals surface area contributed by atoms with Gasteiger partial charge < -0.3 is 4.90 Å². The molecule has 15 heavy (non-hydrogen) atoms. The molecule has 1 nitrogen and oxygen atoms in total. The Morgan fingerprint density at radius 3 is 2.27 bits per heavy atom. The van der Waals surface area contributed by atoms with Crippen LogP contribution in [-0.4, -0.2) is 18.5 Å². The van der Waals surface area contributed by atoms with Crippen LogP contribution in [0.4, 0.5) is 4.39 Å². The molecule has 1 aliphatic rings. The van der Waals surface area contributed by atoms with Crippen LogP contribution in [0.15, 0.2) is 22.7 Å². The average molecular weight is 211 g/mol. The quantitative estimate of drug-likeness (QED) is 0.595. The summed E-state index contributed by atoms with van der Waals surface area (Å²) in [5, 5.41) is 0. The van der Waals surface area contributed by atoms with E-state index in [4.69, 9.17) is 0 Å². The van der Waals surface area contributed by atoms with E-state index in [1.807, 2.05) is 14.0 Å². The molecule has 2 heteroatoms. The van der Waals surface area contributed by atoms with Crippen LogP contribution < -0.4 is 0 Å². The van der Waals surface area contributed by atoms with Gasteiger partial charge in [0.05, 0.1) is 0 Å². The van der Waals surface area contributed by atoms with Crippen molar-refractivity contribution in [2.45, 2.75) is 41.0 Å². The van der Waals surface area contributed by atoms with Gasteiger partial charge in [-0.15, -0.1) is 0 Å². The molecular weight excluding hydrogens is 189 g/mol. The van der Waals surface area contributed by atoms with E-state index < -0.39 is 0 Å². The van der Waals surface area contributed by atoms with E-state index in [2.05, 4.69) is 27.7 Å². The summed E-state index contributed by atoms with van der Waals surface area (Å²) in [6.07, 6.45) is 0.764. The van der Waals surface area contributed by atoms with Crippen LogP contribution >= 0.6 is 0 Å². The van der Waals surface area contributed by atoms with Gasteiger partial charge in [0, 0.05) is 19.2 Å². The molecule has 0 bridgehead atoms. The lowest BCUT2D eigenvalue weighted by Gasteiger charge is -2.35. The first-order valence-corrected chi connectivity index (χ1v) is 5.59. The highest BCUT2D eigenvalue weighted by molar-refractivity contribution is 5.43. The van der Waals surface area contributed by atoms with Crippen LogP contribution in [0, 0.1) is 5.41 Å². The fourth-order valence-electron chi connectivity index (χ4n) is 2.51. The number of hydrogen-bond donors (Lipinski definition) is 0. The van der Waals surface area contributed by atoms with Crippen molar-refractivity contribution in [3.8, 4) is 0 Å². The molecule has 0 aliphatic carbocycles. The molecule has 0 aromatic heterocycles. The predicted octanol–water partition coefficient (Wildman–Crippen LogP) is 3.89. The summed E-state index contributed by atoms with van der Waals surface area (Å²) in [6.45, 7) is 11.3. The predicted molar refractivity (Wildman–Crippen MR) is 63.2 cm³/mol. The lowest BCUT2D eigenvalue weighted by atomic mass is 9.77. The second-order valence-corrected chi connectivity index (χ2v) is 5.38. The summed E-state index contributed by atoms with van der Waals surface area (Å²) in [4.78, 5) is 1.70. The Labute approximate surface area is 92.7 Å². The highest BCUT2D eigenvalue weighted by Gasteiger charge is 2.29. The lowest BCUT2D eigenvalue weighted by molar-refractivity contribution is 0.314. The fourth-order valence-corrected chi connectivity index (χ4v) is 2.51. The molecule has 86 valence electrons. The summed E-state index contributed by atoms with van der Waals surface area (Å²) in [5.41, 5.74) is 3.42. The third-order valence-corrected chi connectivity index (χ3v) is 2.89. The fraction of sp³-hybridized carbons (Fsp3) is 0.692. The van der Waals surface area contributed by atoms with Gasteiger partial charge in [-0.05, 0) is 29.9 Å². The van der Waals surface area contributed by atoms with Gasteiger partial charge >= 0.3 is 0 Å². The monoisotopic (exact) mass is 211 g/mol. The Kier molecular flexibility index (Phi) is 3.27. The highest BCUT2D eigenvalue weighted by Crippen LogP contribution is 2.40. The Morgan fingerprint density at radius 1 is 1.33 bits per heavy atom. The molecule has 1 heterocycles. The first-order chi connectivity index (χ1) is 6.79. The number of rotatable bonds is 1. The van der Waals surface area contributed by atoms with Crippen LogP contribution in [0.3, 0.4) is 0 Å². The Balaban J connectivity index is 3.29. The molecule has 1 rings (SSSR count). The van der Waals surface area contributed by atoms with E-state index in [9.17, 15) is 4.39 Å². The first kappa shape index (κ1) is 12.3. The minimum Gasteiger partial charge on any atom is -0.347 e. The summed E-state index contributed by atoms with van der Waals surface area (Å²) < 4.78 is 14.0. The third-order valence-electron chi connectivity index (χ3n) is 2.89. The molecule has 0 atom stereocenters. The minimum atomic E-state index is -0.0481. The average Bonchev–Trinajstić information content (AvgIpc) is 2.08. The van der Waals surface area contributed by atoms with Gasteiger partial charge in [-0.2, -0.15) is 4.39 Å². The molecule has 0 saturated carbocycles. The molecule has 0 aromatic rings. The Bertz CT molecular complexity index is 318. The molecule has 0 fully saturated rings. The normalized spacial score (nSPS) is 19.0. The summed E-state index contributed by atoms with van der Waals surface area (Å²) in [5.74, 6) is -0.0481. The van der Waals surface area contributed by atoms with Crippen molar-refractivity contribution in [3.05, 3.63) is 22.7 Å². The highest BCUT2D eigenvalue weighted by atomic mass is 19.1. The van der Waals surface area contributed by atoms with Crippen molar-refractivity contribution in [3.63, 3.8) is 0 Å². The van der Waals surface area contributed by atoms with Crippen molar-refractivity contribution in [2.75, 3.05) is 13.6 Å². The third kappa shape index (κ3) is 2.24. The van der Waals surface area contributed by atoms with Crippen LogP contribution in [-0.2, 0) is 0 Å². The standard InChI is InChI=1S/C13H22FN/c1-7-10-11(13(3,4)5)9(2)8-15(6)12(10)14/h7-8H2,1-6H3. The molecular formula is C13H22FN. The molecule has 0 saturated heterocycles. The number of nitrogens with zero attached hydrogens (tertiary/aromatic N) is 1. The molecule has 0 N–H and O–H groups in total. The number of allylic oxidation sites excluding steroid dienone is 2. The van der Waals surface area contributed by atoms with Crippen LogP contribution in [0.5, 0.6) is 0 Å². The van der Waals surface area contributed by atoms with Gasteiger partial charge in [0.25, 0.3) is 0 Å². The van der Waals surface area contributed by atoms with Crippen molar-refractivity contribution in [1.82, 2.24) is 4.90 Å². The van der Waals surface area contributed by atoms with Gasteiger partial charge in [-0.25, -0.2) is 0 Å². The number of likely N-dealkylation sites (N-methyl/N-ethyl adjacent to an activating group) is 1. The molecule has 1 aliphatic heterocycles. The lowest BCUT2D eigenvalue weighted by Crippen LogP contribution is -2.28. The van der Waals surface area contributed by atoms with Gasteiger partial charge in [0.15, 0.2) is 5.95 Å². The van der Waals surface area contributed by atoms with Crippen LogP contribution in [0.25, 0.3) is 0 Å². The molecule has 0 amide bonds. The van der Waals surface area contributed by atoms with Gasteiger partial charge in [-0.1, -0.05) is 27.7 Å². The number of hydrogen-bond acceptors (Lipinski definition) is 1.